The monoisotopic (exact) mass is 224 g/mol. The van der Waals surface area contributed by atoms with E-state index in [0.717, 1.165) is 22.4 Å². The number of carboxylic acids is 1. The third-order valence-electron chi connectivity index (χ3n) is 2.72. The van der Waals surface area contributed by atoms with Gasteiger partial charge in [-0.2, -0.15) is 0 Å². The van der Waals surface area contributed by atoms with Crippen molar-refractivity contribution in [1.82, 2.24) is 0 Å². The Hall–Kier alpha value is -0.960. The van der Waals surface area contributed by atoms with Gasteiger partial charge in [0.15, 0.2) is 0 Å². The van der Waals surface area contributed by atoms with Gasteiger partial charge in [-0.05, 0) is 37.5 Å². The largest absolute Gasteiger partial charge is 0.481 e. The Bertz CT molecular complexity index is 383. The van der Waals surface area contributed by atoms with Crippen LogP contribution in [0.15, 0.2) is 23.1 Å². The SMILES string of the molecule is CCc1ccc(C(C)(C)C(=O)O)cc1S. The van der Waals surface area contributed by atoms with Crippen LogP contribution in [0.3, 0.4) is 0 Å². The van der Waals surface area contributed by atoms with Crippen molar-refractivity contribution in [3.8, 4) is 0 Å². The van der Waals surface area contributed by atoms with Gasteiger partial charge in [0.1, 0.15) is 0 Å². The molecule has 0 spiro atoms. The van der Waals surface area contributed by atoms with Crippen molar-refractivity contribution in [1.29, 1.82) is 0 Å². The lowest BCUT2D eigenvalue weighted by molar-refractivity contribution is -0.142. The van der Waals surface area contributed by atoms with E-state index in [1.807, 2.05) is 18.2 Å². The molecule has 1 rings (SSSR count). The molecule has 0 saturated carbocycles. The zero-order valence-electron chi connectivity index (χ0n) is 9.24. The molecule has 0 aliphatic rings. The average Bonchev–Trinajstić information content (AvgIpc) is 2.17. The molecule has 0 aliphatic carbocycles. The van der Waals surface area contributed by atoms with Gasteiger partial charge in [-0.3, -0.25) is 4.79 Å². The van der Waals surface area contributed by atoms with E-state index < -0.39 is 11.4 Å². The Morgan fingerprint density at radius 2 is 2.07 bits per heavy atom. The van der Waals surface area contributed by atoms with Crippen LogP contribution in [0.2, 0.25) is 0 Å². The molecule has 0 saturated heterocycles. The van der Waals surface area contributed by atoms with Crippen LogP contribution in [-0.4, -0.2) is 11.1 Å². The number of rotatable bonds is 3. The molecule has 0 bridgehead atoms. The first-order chi connectivity index (χ1) is 6.89. The number of carboxylic acid groups (broad SMARTS) is 1. The number of hydrogen-bond acceptors (Lipinski definition) is 2. The summed E-state index contributed by atoms with van der Waals surface area (Å²) in [5.74, 6) is -0.820. The first-order valence-corrected chi connectivity index (χ1v) is 5.40. The van der Waals surface area contributed by atoms with E-state index in [9.17, 15) is 4.79 Å². The van der Waals surface area contributed by atoms with Crippen LogP contribution in [0.4, 0.5) is 0 Å². The molecule has 0 atom stereocenters. The van der Waals surface area contributed by atoms with E-state index in [-0.39, 0.29) is 0 Å². The van der Waals surface area contributed by atoms with Crippen LogP contribution in [0.5, 0.6) is 0 Å². The second-order valence-electron chi connectivity index (χ2n) is 4.13. The molecule has 0 heterocycles. The number of carbonyl (C=O) groups is 1. The molecule has 1 aromatic carbocycles. The lowest BCUT2D eigenvalue weighted by atomic mass is 9.84. The normalized spacial score (nSPS) is 11.5. The molecule has 15 heavy (non-hydrogen) atoms. The van der Waals surface area contributed by atoms with Crippen LogP contribution in [-0.2, 0) is 16.6 Å². The van der Waals surface area contributed by atoms with Crippen molar-refractivity contribution in [3.63, 3.8) is 0 Å². The molecule has 0 aromatic heterocycles. The Morgan fingerprint density at radius 1 is 1.47 bits per heavy atom. The molecule has 1 N–H and O–H groups in total. The van der Waals surface area contributed by atoms with Crippen molar-refractivity contribution in [2.24, 2.45) is 0 Å². The Labute approximate surface area is 95.7 Å². The number of hydrogen-bond donors (Lipinski definition) is 2. The van der Waals surface area contributed by atoms with E-state index in [1.165, 1.54) is 0 Å². The van der Waals surface area contributed by atoms with Gasteiger partial charge in [-0.15, -0.1) is 12.6 Å². The zero-order valence-corrected chi connectivity index (χ0v) is 10.1. The highest BCUT2D eigenvalue weighted by Crippen LogP contribution is 2.27. The lowest BCUT2D eigenvalue weighted by Gasteiger charge is -2.20. The van der Waals surface area contributed by atoms with Gasteiger partial charge in [0, 0.05) is 4.90 Å². The quantitative estimate of drug-likeness (QED) is 0.775. The second kappa shape index (κ2) is 4.27. The first kappa shape index (κ1) is 12.1. The van der Waals surface area contributed by atoms with E-state index in [1.54, 1.807) is 13.8 Å². The van der Waals surface area contributed by atoms with Gasteiger partial charge in [-0.25, -0.2) is 0 Å². The van der Waals surface area contributed by atoms with E-state index in [4.69, 9.17) is 5.11 Å². The summed E-state index contributed by atoms with van der Waals surface area (Å²) < 4.78 is 0. The van der Waals surface area contributed by atoms with Gasteiger partial charge in [0.05, 0.1) is 5.41 Å². The first-order valence-electron chi connectivity index (χ1n) is 4.95. The van der Waals surface area contributed by atoms with Crippen LogP contribution in [0.25, 0.3) is 0 Å². The lowest BCUT2D eigenvalue weighted by Crippen LogP contribution is -2.28. The van der Waals surface area contributed by atoms with Crippen molar-refractivity contribution in [2.45, 2.75) is 37.5 Å². The van der Waals surface area contributed by atoms with Gasteiger partial charge >= 0.3 is 5.97 Å². The average molecular weight is 224 g/mol. The summed E-state index contributed by atoms with van der Waals surface area (Å²) in [6.07, 6.45) is 0.909. The predicted molar refractivity (Wildman–Crippen MR) is 63.7 cm³/mol. The highest BCUT2D eigenvalue weighted by molar-refractivity contribution is 7.80. The third-order valence-corrected chi connectivity index (χ3v) is 3.14. The Kier molecular flexibility index (Phi) is 3.45. The highest BCUT2D eigenvalue weighted by Gasteiger charge is 2.29. The van der Waals surface area contributed by atoms with Crippen LogP contribution in [0, 0.1) is 0 Å². The molecule has 0 unspecified atom stereocenters. The smallest absolute Gasteiger partial charge is 0.313 e. The van der Waals surface area contributed by atoms with Crippen molar-refractivity contribution >= 4 is 18.6 Å². The molecule has 0 radical (unpaired) electrons. The fraction of sp³-hybridized carbons (Fsp3) is 0.417. The summed E-state index contributed by atoms with van der Waals surface area (Å²) in [5, 5.41) is 9.09. The summed E-state index contributed by atoms with van der Waals surface area (Å²) in [6, 6.07) is 5.66. The van der Waals surface area contributed by atoms with Crippen molar-refractivity contribution in [3.05, 3.63) is 29.3 Å². The maximum Gasteiger partial charge on any atom is 0.313 e. The van der Waals surface area contributed by atoms with Gasteiger partial charge < -0.3 is 5.11 Å². The molecule has 82 valence electrons. The number of aryl methyl sites for hydroxylation is 1. The molecule has 2 nitrogen and oxygen atoms in total. The Morgan fingerprint density at radius 3 is 2.47 bits per heavy atom. The molecule has 3 heteroatoms. The predicted octanol–water partition coefficient (Wildman–Crippen LogP) is 2.90. The third kappa shape index (κ3) is 2.34. The van der Waals surface area contributed by atoms with Crippen molar-refractivity contribution < 1.29 is 9.90 Å². The zero-order chi connectivity index (χ0) is 11.6. The topological polar surface area (TPSA) is 37.3 Å². The van der Waals surface area contributed by atoms with Crippen LogP contribution < -0.4 is 0 Å². The van der Waals surface area contributed by atoms with Gasteiger partial charge in [-0.1, -0.05) is 19.1 Å². The van der Waals surface area contributed by atoms with Crippen molar-refractivity contribution in [2.75, 3.05) is 0 Å². The van der Waals surface area contributed by atoms with E-state index in [0.29, 0.717) is 0 Å². The molecule has 0 aliphatic heterocycles. The molecule has 1 aromatic rings. The molecular weight excluding hydrogens is 208 g/mol. The van der Waals surface area contributed by atoms with Crippen LogP contribution >= 0.6 is 12.6 Å². The summed E-state index contributed by atoms with van der Waals surface area (Å²) in [4.78, 5) is 11.9. The summed E-state index contributed by atoms with van der Waals surface area (Å²) in [5.41, 5.74) is 1.07. The molecular formula is C12H16O2S. The maximum atomic E-state index is 11.1. The fourth-order valence-corrected chi connectivity index (χ4v) is 1.75. The summed E-state index contributed by atoms with van der Waals surface area (Å²) in [6.45, 7) is 5.45. The minimum Gasteiger partial charge on any atom is -0.481 e. The number of thiol groups is 1. The minimum absolute atomic E-state index is 0.789. The van der Waals surface area contributed by atoms with Crippen LogP contribution in [0.1, 0.15) is 31.9 Å². The maximum absolute atomic E-state index is 11.1. The highest BCUT2D eigenvalue weighted by atomic mass is 32.1. The summed E-state index contributed by atoms with van der Waals surface area (Å²) in [7, 11) is 0. The van der Waals surface area contributed by atoms with E-state index in [2.05, 4.69) is 19.6 Å². The number of aliphatic carboxylic acids is 1. The Balaban J connectivity index is 3.18. The number of benzene rings is 1. The standard InChI is InChI=1S/C12H16O2S/c1-4-8-5-6-9(7-10(8)15)12(2,3)11(13)14/h5-7,15H,4H2,1-3H3,(H,13,14). The van der Waals surface area contributed by atoms with Gasteiger partial charge in [0.2, 0.25) is 0 Å². The molecule has 0 fully saturated rings. The second-order valence-corrected chi connectivity index (χ2v) is 4.61. The molecule has 0 amide bonds. The fourth-order valence-electron chi connectivity index (χ4n) is 1.38. The summed E-state index contributed by atoms with van der Waals surface area (Å²) >= 11 is 4.35. The van der Waals surface area contributed by atoms with Gasteiger partial charge in [0.25, 0.3) is 0 Å². The van der Waals surface area contributed by atoms with E-state index >= 15 is 0 Å². The minimum atomic E-state index is -0.857.